The Balaban J connectivity index is 2.30. The Bertz CT molecular complexity index is 867. The van der Waals surface area contributed by atoms with Gasteiger partial charge in [-0.2, -0.15) is 5.26 Å². The van der Waals surface area contributed by atoms with E-state index in [2.05, 4.69) is 11.1 Å². The van der Waals surface area contributed by atoms with Gasteiger partial charge in [-0.3, -0.25) is 0 Å². The molecule has 0 amide bonds. The first-order valence-electron chi connectivity index (χ1n) is 6.95. The van der Waals surface area contributed by atoms with Gasteiger partial charge in [0.2, 0.25) is 0 Å². The largest absolute Gasteiger partial charge is 0.496 e. The van der Waals surface area contributed by atoms with Crippen LogP contribution < -0.4 is 4.74 Å². The van der Waals surface area contributed by atoms with Crippen LogP contribution in [0.2, 0.25) is 0 Å². The fourth-order valence-electron chi connectivity index (χ4n) is 2.41. The minimum atomic E-state index is 0.585. The number of para-hydroxylation sites is 1. The van der Waals surface area contributed by atoms with Gasteiger partial charge in [-0.1, -0.05) is 24.3 Å². The molecule has 0 saturated heterocycles. The van der Waals surface area contributed by atoms with Gasteiger partial charge < -0.3 is 4.74 Å². The highest BCUT2D eigenvalue weighted by molar-refractivity contribution is 7.98. The topological polar surface area (TPSA) is 45.9 Å². The number of hydrogen-bond acceptors (Lipinski definition) is 5. The van der Waals surface area contributed by atoms with Crippen molar-refractivity contribution in [3.8, 4) is 33.5 Å². The lowest BCUT2D eigenvalue weighted by Gasteiger charge is -2.13. The molecule has 23 heavy (non-hydrogen) atoms. The molecular weight excluding hydrogens is 324 g/mol. The van der Waals surface area contributed by atoms with E-state index in [0.717, 1.165) is 32.5 Å². The Morgan fingerprint density at radius 3 is 2.65 bits per heavy atom. The van der Waals surface area contributed by atoms with Crippen LogP contribution in [0.5, 0.6) is 5.75 Å². The monoisotopic (exact) mass is 338 g/mol. The van der Waals surface area contributed by atoms with E-state index in [1.54, 1.807) is 18.4 Å². The standard InChI is InChI=1S/C18H14N2OS2/c1-21-16-7-4-3-6-12(16)13-10-15(17-8-5-9-23-17)20-18(22-2)14(13)11-19/h3-10H,1-2H3. The fourth-order valence-corrected chi connectivity index (χ4v) is 3.64. The molecule has 0 spiro atoms. The molecule has 0 unspecified atom stereocenters. The summed E-state index contributed by atoms with van der Waals surface area (Å²) in [6, 6.07) is 16.1. The third-order valence-electron chi connectivity index (χ3n) is 3.46. The quantitative estimate of drug-likeness (QED) is 0.622. The Labute approximate surface area is 143 Å². The highest BCUT2D eigenvalue weighted by atomic mass is 32.2. The van der Waals surface area contributed by atoms with Crippen molar-refractivity contribution in [2.75, 3.05) is 13.4 Å². The van der Waals surface area contributed by atoms with Crippen molar-refractivity contribution >= 4 is 23.1 Å². The van der Waals surface area contributed by atoms with Crippen molar-refractivity contribution in [2.24, 2.45) is 0 Å². The second kappa shape index (κ2) is 6.86. The summed E-state index contributed by atoms with van der Waals surface area (Å²) in [5.41, 5.74) is 3.22. The maximum atomic E-state index is 9.64. The zero-order valence-electron chi connectivity index (χ0n) is 12.7. The molecule has 0 radical (unpaired) electrons. The normalized spacial score (nSPS) is 10.3. The van der Waals surface area contributed by atoms with Crippen molar-refractivity contribution in [1.82, 2.24) is 4.98 Å². The van der Waals surface area contributed by atoms with E-state index in [4.69, 9.17) is 4.74 Å². The molecule has 114 valence electrons. The Kier molecular flexibility index (Phi) is 4.65. The third-order valence-corrected chi connectivity index (χ3v) is 5.04. The number of nitrogens with zero attached hydrogens (tertiary/aromatic N) is 2. The average molecular weight is 338 g/mol. The molecule has 0 fully saturated rings. The SMILES string of the molecule is COc1ccccc1-c1cc(-c2cccs2)nc(SC)c1C#N. The maximum absolute atomic E-state index is 9.64. The fraction of sp³-hybridized carbons (Fsp3) is 0.111. The number of rotatable bonds is 4. The first-order chi connectivity index (χ1) is 11.3. The molecule has 0 N–H and O–H groups in total. The molecule has 2 heterocycles. The molecule has 3 nitrogen and oxygen atoms in total. The lowest BCUT2D eigenvalue weighted by atomic mass is 10.00. The molecule has 0 atom stereocenters. The third kappa shape index (κ3) is 2.96. The molecule has 2 aromatic heterocycles. The van der Waals surface area contributed by atoms with Gasteiger partial charge in [0.25, 0.3) is 0 Å². The van der Waals surface area contributed by atoms with Crippen molar-refractivity contribution in [3.05, 3.63) is 53.4 Å². The van der Waals surface area contributed by atoms with Gasteiger partial charge in [-0.25, -0.2) is 4.98 Å². The van der Waals surface area contributed by atoms with Crippen LogP contribution in [0.1, 0.15) is 5.56 Å². The van der Waals surface area contributed by atoms with Crippen LogP contribution in [0.4, 0.5) is 0 Å². The molecule has 1 aromatic carbocycles. The van der Waals surface area contributed by atoms with Crippen LogP contribution >= 0.6 is 23.1 Å². The smallest absolute Gasteiger partial charge is 0.126 e. The van der Waals surface area contributed by atoms with Crippen molar-refractivity contribution in [2.45, 2.75) is 5.03 Å². The van der Waals surface area contributed by atoms with Gasteiger partial charge in [-0.15, -0.1) is 23.1 Å². The molecule has 0 aliphatic carbocycles. The number of aromatic nitrogens is 1. The number of thioether (sulfide) groups is 1. The van der Waals surface area contributed by atoms with Gasteiger partial charge >= 0.3 is 0 Å². The first-order valence-corrected chi connectivity index (χ1v) is 9.05. The summed E-state index contributed by atoms with van der Waals surface area (Å²) in [6.45, 7) is 0. The van der Waals surface area contributed by atoms with E-state index >= 15 is 0 Å². The van der Waals surface area contributed by atoms with Gasteiger partial charge in [-0.05, 0) is 29.8 Å². The summed E-state index contributed by atoms with van der Waals surface area (Å²) in [5, 5.41) is 12.4. The average Bonchev–Trinajstić information content (AvgIpc) is 3.15. The van der Waals surface area contributed by atoms with Crippen molar-refractivity contribution < 1.29 is 4.74 Å². The molecule has 0 aliphatic heterocycles. The van der Waals surface area contributed by atoms with Crippen LogP contribution in [0.15, 0.2) is 52.9 Å². The summed E-state index contributed by atoms with van der Waals surface area (Å²) < 4.78 is 5.47. The number of methoxy groups -OCH3 is 1. The molecule has 0 bridgehead atoms. The highest BCUT2D eigenvalue weighted by Crippen LogP contribution is 2.38. The number of benzene rings is 1. The van der Waals surface area contributed by atoms with Gasteiger partial charge in [0.05, 0.1) is 23.2 Å². The number of nitriles is 1. The Morgan fingerprint density at radius 1 is 1.17 bits per heavy atom. The zero-order valence-corrected chi connectivity index (χ0v) is 14.4. The van der Waals surface area contributed by atoms with Gasteiger partial charge in [0, 0.05) is 11.1 Å². The Hall–Kier alpha value is -2.29. The van der Waals surface area contributed by atoms with Gasteiger partial charge in [0.1, 0.15) is 16.8 Å². The van der Waals surface area contributed by atoms with Crippen LogP contribution in [0, 0.1) is 11.3 Å². The summed E-state index contributed by atoms with van der Waals surface area (Å²) in [7, 11) is 1.64. The summed E-state index contributed by atoms with van der Waals surface area (Å²) in [6.07, 6.45) is 1.94. The van der Waals surface area contributed by atoms with Crippen LogP contribution in [-0.2, 0) is 0 Å². The van der Waals surface area contributed by atoms with Crippen molar-refractivity contribution in [3.63, 3.8) is 0 Å². The van der Waals surface area contributed by atoms with Crippen molar-refractivity contribution in [1.29, 1.82) is 5.26 Å². The summed E-state index contributed by atoms with van der Waals surface area (Å²) in [5.74, 6) is 0.749. The lowest BCUT2D eigenvalue weighted by Crippen LogP contribution is -1.96. The number of ether oxygens (including phenoxy) is 1. The van der Waals surface area contributed by atoms with E-state index in [9.17, 15) is 5.26 Å². The van der Waals surface area contributed by atoms with Crippen LogP contribution in [0.3, 0.4) is 0 Å². The highest BCUT2D eigenvalue weighted by Gasteiger charge is 2.17. The summed E-state index contributed by atoms with van der Waals surface area (Å²) >= 11 is 3.12. The second-order valence-electron chi connectivity index (χ2n) is 4.73. The zero-order chi connectivity index (χ0) is 16.2. The van der Waals surface area contributed by atoms with E-state index in [1.807, 2.05) is 54.1 Å². The molecular formula is C18H14N2OS2. The minimum Gasteiger partial charge on any atom is -0.496 e. The van der Waals surface area contributed by atoms with E-state index in [1.165, 1.54) is 11.8 Å². The maximum Gasteiger partial charge on any atom is 0.126 e. The molecule has 3 aromatic rings. The molecule has 0 aliphatic rings. The number of pyridine rings is 1. The predicted octanol–water partition coefficient (Wildman–Crippen LogP) is 5.08. The van der Waals surface area contributed by atoms with E-state index in [0.29, 0.717) is 5.56 Å². The summed E-state index contributed by atoms with van der Waals surface area (Å²) in [4.78, 5) is 5.74. The van der Waals surface area contributed by atoms with Crippen LogP contribution in [0.25, 0.3) is 21.7 Å². The first kappa shape index (κ1) is 15.6. The lowest BCUT2D eigenvalue weighted by molar-refractivity contribution is 0.416. The Morgan fingerprint density at radius 2 is 2.00 bits per heavy atom. The number of hydrogen-bond donors (Lipinski definition) is 0. The molecule has 0 saturated carbocycles. The number of thiophene rings is 1. The van der Waals surface area contributed by atoms with E-state index < -0.39 is 0 Å². The van der Waals surface area contributed by atoms with Crippen LogP contribution in [-0.4, -0.2) is 18.3 Å². The van der Waals surface area contributed by atoms with Gasteiger partial charge in [0.15, 0.2) is 0 Å². The molecule has 3 rings (SSSR count). The van der Waals surface area contributed by atoms with E-state index in [-0.39, 0.29) is 0 Å². The second-order valence-corrected chi connectivity index (χ2v) is 6.47. The molecule has 5 heteroatoms. The predicted molar refractivity (Wildman–Crippen MR) is 96.0 cm³/mol. The minimum absolute atomic E-state index is 0.585.